The first-order valence-electron chi connectivity index (χ1n) is 9.58. The Labute approximate surface area is 179 Å². The highest BCUT2D eigenvalue weighted by molar-refractivity contribution is 7.99. The summed E-state index contributed by atoms with van der Waals surface area (Å²) in [5.74, 6) is 2.12. The van der Waals surface area contributed by atoms with Crippen molar-refractivity contribution in [3.8, 4) is 0 Å². The van der Waals surface area contributed by atoms with Crippen LogP contribution in [-0.2, 0) is 16.6 Å². The molecule has 0 radical (unpaired) electrons. The summed E-state index contributed by atoms with van der Waals surface area (Å²) >= 11 is 1.74. The van der Waals surface area contributed by atoms with E-state index in [9.17, 15) is 13.2 Å². The van der Waals surface area contributed by atoms with Crippen LogP contribution in [0.25, 0.3) is 0 Å². The normalized spacial score (nSPS) is 15.2. The van der Waals surface area contributed by atoms with E-state index in [1.807, 2.05) is 42.0 Å². The molecule has 4 rings (SSSR count). The number of hydrogen-bond acceptors (Lipinski definition) is 5. The Morgan fingerprint density at radius 2 is 1.97 bits per heavy atom. The van der Waals surface area contributed by atoms with Gasteiger partial charge in [0, 0.05) is 55.4 Å². The second-order valence-electron chi connectivity index (χ2n) is 7.02. The first-order valence-corrected chi connectivity index (χ1v) is 12.2. The van der Waals surface area contributed by atoms with Crippen LogP contribution in [0.5, 0.6) is 0 Å². The summed E-state index contributed by atoms with van der Waals surface area (Å²) in [6.45, 7) is 3.63. The van der Waals surface area contributed by atoms with Gasteiger partial charge in [0.15, 0.2) is 0 Å². The number of sulfonamides is 1. The summed E-state index contributed by atoms with van der Waals surface area (Å²) in [4.78, 5) is 19.7. The Morgan fingerprint density at radius 1 is 1.23 bits per heavy atom. The monoisotopic (exact) mass is 445 g/mol. The Kier molecular flexibility index (Phi) is 5.98. The van der Waals surface area contributed by atoms with Crippen molar-refractivity contribution in [2.24, 2.45) is 0 Å². The maximum Gasteiger partial charge on any atom is 0.272 e. The van der Waals surface area contributed by atoms with Gasteiger partial charge in [-0.15, -0.1) is 0 Å². The molecule has 30 heavy (non-hydrogen) atoms. The number of H-pyrrole nitrogens is 1. The number of aromatic amines is 1. The minimum absolute atomic E-state index is 0.116. The molecule has 1 amide bonds. The van der Waals surface area contributed by atoms with Crippen molar-refractivity contribution >= 4 is 33.4 Å². The molecule has 3 heterocycles. The van der Waals surface area contributed by atoms with Crippen molar-refractivity contribution in [1.82, 2.24) is 18.8 Å². The van der Waals surface area contributed by atoms with E-state index in [-0.39, 0.29) is 16.5 Å². The van der Waals surface area contributed by atoms with Crippen molar-refractivity contribution in [2.75, 3.05) is 29.9 Å². The van der Waals surface area contributed by atoms with Crippen LogP contribution in [0.3, 0.4) is 0 Å². The van der Waals surface area contributed by atoms with Gasteiger partial charge < -0.3 is 14.9 Å². The maximum atomic E-state index is 12.7. The third kappa shape index (κ3) is 4.45. The second kappa shape index (κ2) is 8.66. The van der Waals surface area contributed by atoms with E-state index in [1.54, 1.807) is 18.0 Å². The van der Waals surface area contributed by atoms with E-state index in [0.717, 1.165) is 22.9 Å². The number of aryl methyl sites for hydroxylation is 1. The highest BCUT2D eigenvalue weighted by Gasteiger charge is 2.27. The number of carbonyl (C=O) groups is 1. The summed E-state index contributed by atoms with van der Waals surface area (Å²) < 4.78 is 29.0. The van der Waals surface area contributed by atoms with Crippen molar-refractivity contribution < 1.29 is 13.2 Å². The quantitative estimate of drug-likeness (QED) is 0.607. The number of nitrogens with one attached hydrogen (secondary N) is 2. The first-order chi connectivity index (χ1) is 14.4. The average Bonchev–Trinajstić information content (AvgIpc) is 3.40. The van der Waals surface area contributed by atoms with E-state index in [2.05, 4.69) is 15.3 Å². The number of aromatic nitrogens is 3. The molecule has 0 spiro atoms. The standard InChI is InChI=1S/C20H23N5O3S2/c1-15-21-6-7-24(15)14-16-2-4-17(5-3-16)23-20(26)19-12-18(13-22-19)30(27,28)25-8-10-29-11-9-25/h2-7,12-13,22H,8-11,14H2,1H3,(H,23,26). The number of nitrogens with zero attached hydrogens (tertiary/aromatic N) is 3. The van der Waals surface area contributed by atoms with Gasteiger partial charge in [0.2, 0.25) is 10.0 Å². The van der Waals surface area contributed by atoms with Crippen LogP contribution in [0, 0.1) is 6.92 Å². The van der Waals surface area contributed by atoms with Gasteiger partial charge in [-0.25, -0.2) is 13.4 Å². The third-order valence-electron chi connectivity index (χ3n) is 5.00. The minimum Gasteiger partial charge on any atom is -0.356 e. The lowest BCUT2D eigenvalue weighted by atomic mass is 10.2. The molecular formula is C20H23N5O3S2. The number of amides is 1. The number of carbonyl (C=O) groups excluding carboxylic acids is 1. The molecule has 0 unspecified atom stereocenters. The van der Waals surface area contributed by atoms with E-state index in [1.165, 1.54) is 16.6 Å². The second-order valence-corrected chi connectivity index (χ2v) is 10.2. The Balaban J connectivity index is 1.41. The topological polar surface area (TPSA) is 100 Å². The van der Waals surface area contributed by atoms with Gasteiger partial charge in [-0.3, -0.25) is 4.79 Å². The van der Waals surface area contributed by atoms with E-state index < -0.39 is 10.0 Å². The molecule has 3 aromatic rings. The van der Waals surface area contributed by atoms with Gasteiger partial charge in [0.05, 0.1) is 0 Å². The zero-order chi connectivity index (χ0) is 21.1. The minimum atomic E-state index is -3.58. The molecule has 8 nitrogen and oxygen atoms in total. The molecular weight excluding hydrogens is 422 g/mol. The molecule has 1 aliphatic rings. The van der Waals surface area contributed by atoms with Crippen molar-refractivity contribution in [3.63, 3.8) is 0 Å². The third-order valence-corrected chi connectivity index (χ3v) is 7.82. The lowest BCUT2D eigenvalue weighted by molar-refractivity contribution is 0.102. The van der Waals surface area contributed by atoms with Crippen LogP contribution >= 0.6 is 11.8 Å². The van der Waals surface area contributed by atoms with Crippen molar-refractivity contribution in [3.05, 3.63) is 66.0 Å². The summed E-state index contributed by atoms with van der Waals surface area (Å²) in [5.41, 5.74) is 1.93. The fourth-order valence-corrected chi connectivity index (χ4v) is 5.82. The molecule has 2 aromatic heterocycles. The van der Waals surface area contributed by atoms with Crippen LogP contribution in [0.1, 0.15) is 21.9 Å². The molecule has 1 aliphatic heterocycles. The largest absolute Gasteiger partial charge is 0.356 e. The molecule has 0 aliphatic carbocycles. The number of rotatable bonds is 6. The Bertz CT molecular complexity index is 1130. The lowest BCUT2D eigenvalue weighted by Gasteiger charge is -2.24. The van der Waals surface area contributed by atoms with Crippen LogP contribution in [-0.4, -0.2) is 57.8 Å². The Morgan fingerprint density at radius 3 is 2.63 bits per heavy atom. The van der Waals surface area contributed by atoms with Gasteiger partial charge in [0.1, 0.15) is 16.4 Å². The molecule has 0 saturated carbocycles. The average molecular weight is 446 g/mol. The molecule has 1 saturated heterocycles. The van der Waals surface area contributed by atoms with Crippen LogP contribution < -0.4 is 5.32 Å². The predicted octanol–water partition coefficient (Wildman–Crippen LogP) is 2.56. The molecule has 1 aromatic carbocycles. The maximum absolute atomic E-state index is 12.7. The SMILES string of the molecule is Cc1nccn1Cc1ccc(NC(=O)c2cc(S(=O)(=O)N3CCSCC3)c[nH]2)cc1. The number of hydrogen-bond donors (Lipinski definition) is 2. The highest BCUT2D eigenvalue weighted by atomic mass is 32.2. The number of anilines is 1. The van der Waals surface area contributed by atoms with E-state index >= 15 is 0 Å². The number of imidazole rings is 1. The number of thioether (sulfide) groups is 1. The van der Waals surface area contributed by atoms with Gasteiger partial charge in [0.25, 0.3) is 5.91 Å². The van der Waals surface area contributed by atoms with Crippen LogP contribution in [0.2, 0.25) is 0 Å². The zero-order valence-corrected chi connectivity index (χ0v) is 18.2. The fraction of sp³-hybridized carbons (Fsp3) is 0.300. The molecule has 2 N–H and O–H groups in total. The Hall–Kier alpha value is -2.56. The zero-order valence-electron chi connectivity index (χ0n) is 16.5. The first kappa shape index (κ1) is 20.7. The molecule has 0 atom stereocenters. The molecule has 158 valence electrons. The molecule has 1 fully saturated rings. The van der Waals surface area contributed by atoms with Crippen molar-refractivity contribution in [2.45, 2.75) is 18.4 Å². The smallest absolute Gasteiger partial charge is 0.272 e. The van der Waals surface area contributed by atoms with E-state index in [0.29, 0.717) is 25.3 Å². The van der Waals surface area contributed by atoms with Gasteiger partial charge >= 0.3 is 0 Å². The summed E-state index contributed by atoms with van der Waals surface area (Å²) in [6.07, 6.45) is 5.06. The lowest BCUT2D eigenvalue weighted by Crippen LogP contribution is -2.37. The van der Waals surface area contributed by atoms with Crippen molar-refractivity contribution in [1.29, 1.82) is 0 Å². The summed E-state index contributed by atoms with van der Waals surface area (Å²) in [6, 6.07) is 8.92. The predicted molar refractivity (Wildman–Crippen MR) is 117 cm³/mol. The number of benzene rings is 1. The molecule has 10 heteroatoms. The van der Waals surface area contributed by atoms with E-state index in [4.69, 9.17) is 0 Å². The van der Waals surface area contributed by atoms with Crippen LogP contribution in [0.4, 0.5) is 5.69 Å². The summed E-state index contributed by atoms with van der Waals surface area (Å²) in [5, 5.41) is 2.80. The van der Waals surface area contributed by atoms with Gasteiger partial charge in [-0.2, -0.15) is 16.1 Å². The highest BCUT2D eigenvalue weighted by Crippen LogP contribution is 2.21. The van der Waals surface area contributed by atoms with Crippen LogP contribution in [0.15, 0.2) is 53.8 Å². The summed E-state index contributed by atoms with van der Waals surface area (Å²) in [7, 11) is -3.58. The van der Waals surface area contributed by atoms with Gasteiger partial charge in [-0.05, 0) is 30.7 Å². The molecule has 0 bridgehead atoms. The fourth-order valence-electron chi connectivity index (χ4n) is 3.25. The van der Waals surface area contributed by atoms with Gasteiger partial charge in [-0.1, -0.05) is 12.1 Å².